The highest BCUT2D eigenvalue weighted by Crippen LogP contribution is 2.27. The van der Waals surface area contributed by atoms with E-state index < -0.39 is 16.1 Å². The van der Waals surface area contributed by atoms with E-state index in [2.05, 4.69) is 9.97 Å². The molecule has 0 unspecified atom stereocenters. The molecule has 0 radical (unpaired) electrons. The van der Waals surface area contributed by atoms with E-state index in [1.165, 1.54) is 9.21 Å². The van der Waals surface area contributed by atoms with E-state index in [9.17, 15) is 18.0 Å². The van der Waals surface area contributed by atoms with Crippen molar-refractivity contribution in [2.75, 3.05) is 13.6 Å². The van der Waals surface area contributed by atoms with Gasteiger partial charge in [-0.3, -0.25) is 9.59 Å². The van der Waals surface area contributed by atoms with Crippen LogP contribution in [0, 0.1) is 6.92 Å². The van der Waals surface area contributed by atoms with Gasteiger partial charge in [-0.1, -0.05) is 36.2 Å². The number of carbonyl (C=O) groups is 1. The Bertz CT molecular complexity index is 1300. The lowest BCUT2D eigenvalue weighted by molar-refractivity contribution is -0.135. The number of nitrogens with zero attached hydrogens (tertiary/aromatic N) is 3. The summed E-state index contributed by atoms with van der Waals surface area (Å²) < 4.78 is 27.9. The summed E-state index contributed by atoms with van der Waals surface area (Å²) in [7, 11) is -2.20. The molecule has 9 heteroatoms. The zero-order valence-corrected chi connectivity index (χ0v) is 18.9. The number of nitrogens with one attached hydrogen (secondary N) is 1. The predicted molar refractivity (Wildman–Crippen MR) is 122 cm³/mol. The van der Waals surface area contributed by atoms with E-state index in [0.29, 0.717) is 36.1 Å². The van der Waals surface area contributed by atoms with Crippen LogP contribution in [0.5, 0.6) is 0 Å². The number of sulfonamides is 1. The first-order chi connectivity index (χ1) is 15.3. The Kier molecular flexibility index (Phi) is 6.12. The van der Waals surface area contributed by atoms with Crippen LogP contribution in [0.25, 0.3) is 10.9 Å². The largest absolute Gasteiger partial charge is 0.337 e. The van der Waals surface area contributed by atoms with Crippen molar-refractivity contribution < 1.29 is 13.2 Å². The standard InChI is InChI=1S/C23H26N4O4S/c1-16-10-12-17(13-11-16)32(30,31)27-14-6-5-9-20(27)23(29)26(2)15-21-24-19-8-4-3-7-18(19)22(28)25-21/h3-4,7-8,10-13,20H,5-6,9,14-15H2,1-2H3,(H,24,25,28)/t20-/m0/s1. The molecule has 8 nitrogen and oxygen atoms in total. The van der Waals surface area contributed by atoms with E-state index in [4.69, 9.17) is 0 Å². The normalized spacial score (nSPS) is 17.4. The zero-order chi connectivity index (χ0) is 22.9. The van der Waals surface area contributed by atoms with Gasteiger partial charge in [-0.25, -0.2) is 13.4 Å². The molecule has 0 aliphatic carbocycles. The SMILES string of the molecule is Cc1ccc(S(=O)(=O)N2CCCC[C@H]2C(=O)N(C)Cc2nc3ccccc3c(=O)[nH]2)cc1. The molecule has 1 fully saturated rings. The van der Waals surface area contributed by atoms with Crippen LogP contribution in [0.15, 0.2) is 58.2 Å². The van der Waals surface area contributed by atoms with Crippen LogP contribution in [-0.2, 0) is 21.4 Å². The molecule has 1 aliphatic heterocycles. The molecule has 2 aromatic carbocycles. The number of hydrogen-bond donors (Lipinski definition) is 1. The van der Waals surface area contributed by atoms with E-state index in [0.717, 1.165) is 12.0 Å². The first kappa shape index (κ1) is 22.2. The van der Waals surface area contributed by atoms with Crippen molar-refractivity contribution in [1.82, 2.24) is 19.2 Å². The van der Waals surface area contributed by atoms with Gasteiger partial charge in [-0.2, -0.15) is 4.31 Å². The minimum Gasteiger partial charge on any atom is -0.337 e. The van der Waals surface area contributed by atoms with Gasteiger partial charge in [0, 0.05) is 13.6 Å². The third kappa shape index (κ3) is 4.31. The molecular weight excluding hydrogens is 428 g/mol. The number of fused-ring (bicyclic) bond motifs is 1. The average molecular weight is 455 g/mol. The fraction of sp³-hybridized carbons (Fsp3) is 0.348. The first-order valence-electron chi connectivity index (χ1n) is 10.6. The Balaban J connectivity index is 1.58. The number of benzene rings is 2. The molecule has 0 bridgehead atoms. The van der Waals surface area contributed by atoms with Crippen LogP contribution < -0.4 is 5.56 Å². The fourth-order valence-corrected chi connectivity index (χ4v) is 5.70. The van der Waals surface area contributed by atoms with Gasteiger partial charge in [-0.15, -0.1) is 0 Å². The summed E-state index contributed by atoms with van der Waals surface area (Å²) in [6.45, 7) is 2.27. The fourth-order valence-electron chi connectivity index (χ4n) is 4.05. The topological polar surface area (TPSA) is 103 Å². The Morgan fingerprint density at radius 2 is 1.88 bits per heavy atom. The van der Waals surface area contributed by atoms with Crippen molar-refractivity contribution in [2.24, 2.45) is 0 Å². The molecule has 0 spiro atoms. The number of H-pyrrole nitrogens is 1. The summed E-state index contributed by atoms with van der Waals surface area (Å²) in [5.41, 5.74) is 1.24. The summed E-state index contributed by atoms with van der Waals surface area (Å²) in [6, 6.07) is 12.9. The Morgan fingerprint density at radius 1 is 1.16 bits per heavy atom. The van der Waals surface area contributed by atoms with Gasteiger partial charge >= 0.3 is 0 Å². The van der Waals surface area contributed by atoms with Gasteiger partial charge in [0.15, 0.2) is 0 Å². The first-order valence-corrected chi connectivity index (χ1v) is 12.0. The highest BCUT2D eigenvalue weighted by Gasteiger charge is 2.38. The Hall–Kier alpha value is -3.04. The van der Waals surface area contributed by atoms with Crippen LogP contribution in [-0.4, -0.2) is 53.1 Å². The van der Waals surface area contributed by atoms with Crippen LogP contribution >= 0.6 is 0 Å². The number of aromatic amines is 1. The number of likely N-dealkylation sites (N-methyl/N-ethyl adjacent to an activating group) is 1. The van der Waals surface area contributed by atoms with E-state index in [-0.39, 0.29) is 22.9 Å². The second-order valence-corrected chi connectivity index (χ2v) is 10.1. The minimum atomic E-state index is -3.80. The van der Waals surface area contributed by atoms with E-state index in [1.54, 1.807) is 55.6 Å². The number of para-hydroxylation sites is 1. The zero-order valence-electron chi connectivity index (χ0n) is 18.1. The Morgan fingerprint density at radius 3 is 2.62 bits per heavy atom. The third-order valence-electron chi connectivity index (χ3n) is 5.79. The van der Waals surface area contributed by atoms with E-state index in [1.807, 2.05) is 6.92 Å². The summed E-state index contributed by atoms with van der Waals surface area (Å²) in [5.74, 6) is 0.0458. The van der Waals surface area contributed by atoms with Crippen LogP contribution in [0.1, 0.15) is 30.7 Å². The lowest BCUT2D eigenvalue weighted by Crippen LogP contribution is -2.52. The number of rotatable bonds is 5. The predicted octanol–water partition coefficient (Wildman–Crippen LogP) is 2.43. The van der Waals surface area contributed by atoms with Gasteiger partial charge in [0.05, 0.1) is 22.3 Å². The van der Waals surface area contributed by atoms with Gasteiger partial charge in [0.2, 0.25) is 15.9 Å². The number of aryl methyl sites for hydroxylation is 1. The summed E-state index contributed by atoms with van der Waals surface area (Å²) in [6.07, 6.45) is 1.93. The van der Waals surface area contributed by atoms with Crippen molar-refractivity contribution in [2.45, 2.75) is 43.7 Å². The average Bonchev–Trinajstić information content (AvgIpc) is 2.79. The number of amides is 1. The van der Waals surface area contributed by atoms with Crippen LogP contribution in [0.4, 0.5) is 0 Å². The summed E-state index contributed by atoms with van der Waals surface area (Å²) in [5, 5.41) is 0.480. The van der Waals surface area contributed by atoms with Crippen molar-refractivity contribution in [3.63, 3.8) is 0 Å². The van der Waals surface area contributed by atoms with Crippen molar-refractivity contribution in [3.05, 3.63) is 70.3 Å². The minimum absolute atomic E-state index is 0.0772. The quantitative estimate of drug-likeness (QED) is 0.638. The van der Waals surface area contributed by atoms with Crippen LogP contribution in [0.3, 0.4) is 0 Å². The molecule has 1 aromatic heterocycles. The monoisotopic (exact) mass is 454 g/mol. The second kappa shape index (κ2) is 8.84. The van der Waals surface area contributed by atoms with Crippen molar-refractivity contribution >= 4 is 26.8 Å². The molecule has 4 rings (SSSR count). The molecule has 1 atom stereocenters. The molecule has 0 saturated carbocycles. The summed E-state index contributed by atoms with van der Waals surface area (Å²) >= 11 is 0. The highest BCUT2D eigenvalue weighted by atomic mass is 32.2. The lowest BCUT2D eigenvalue weighted by atomic mass is 10.0. The third-order valence-corrected chi connectivity index (χ3v) is 7.71. The van der Waals surface area contributed by atoms with E-state index >= 15 is 0 Å². The van der Waals surface area contributed by atoms with Gasteiger partial charge in [0.25, 0.3) is 5.56 Å². The van der Waals surface area contributed by atoms with Gasteiger partial charge in [-0.05, 0) is 44.0 Å². The molecule has 168 valence electrons. The van der Waals surface area contributed by atoms with Crippen molar-refractivity contribution in [1.29, 1.82) is 0 Å². The van der Waals surface area contributed by atoms with Crippen molar-refractivity contribution in [3.8, 4) is 0 Å². The molecule has 2 heterocycles. The van der Waals surface area contributed by atoms with Gasteiger partial charge < -0.3 is 9.88 Å². The maximum absolute atomic E-state index is 13.3. The molecule has 1 aliphatic rings. The number of carbonyl (C=O) groups excluding carboxylic acids is 1. The number of piperidine rings is 1. The lowest BCUT2D eigenvalue weighted by Gasteiger charge is -2.35. The maximum atomic E-state index is 13.3. The maximum Gasteiger partial charge on any atom is 0.258 e. The molecule has 1 amide bonds. The summed E-state index contributed by atoms with van der Waals surface area (Å²) in [4.78, 5) is 34.4. The molecule has 1 N–H and O–H groups in total. The molecule has 1 saturated heterocycles. The molecule has 3 aromatic rings. The van der Waals surface area contributed by atoms with Gasteiger partial charge in [0.1, 0.15) is 11.9 Å². The number of aromatic nitrogens is 2. The van der Waals surface area contributed by atoms with Crippen LogP contribution in [0.2, 0.25) is 0 Å². The smallest absolute Gasteiger partial charge is 0.258 e. The molecule has 32 heavy (non-hydrogen) atoms. The highest BCUT2D eigenvalue weighted by molar-refractivity contribution is 7.89. The second-order valence-electron chi connectivity index (χ2n) is 8.16. The number of hydrogen-bond acceptors (Lipinski definition) is 5. The Labute approximate surface area is 186 Å². The molecular formula is C23H26N4O4S.